The zero-order chi connectivity index (χ0) is 9.47. The van der Waals surface area contributed by atoms with Gasteiger partial charge >= 0.3 is 5.97 Å². The van der Waals surface area contributed by atoms with Crippen LogP contribution in [0.2, 0.25) is 0 Å². The Kier molecular flexibility index (Phi) is 2.06. The van der Waals surface area contributed by atoms with Crippen molar-refractivity contribution in [3.05, 3.63) is 0 Å². The predicted molar refractivity (Wildman–Crippen MR) is 47.3 cm³/mol. The second-order valence-electron chi connectivity index (χ2n) is 4.65. The highest BCUT2D eigenvalue weighted by molar-refractivity contribution is 5.71. The van der Waals surface area contributed by atoms with Gasteiger partial charge in [-0.2, -0.15) is 0 Å². The van der Waals surface area contributed by atoms with Gasteiger partial charge in [-0.05, 0) is 31.6 Å². The van der Waals surface area contributed by atoms with Crippen molar-refractivity contribution in [2.24, 2.45) is 11.8 Å². The first-order chi connectivity index (χ1) is 6.09. The highest BCUT2D eigenvalue weighted by Crippen LogP contribution is 2.44. The highest BCUT2D eigenvalue weighted by atomic mass is 16.4. The minimum atomic E-state index is -0.754. The van der Waals surface area contributed by atoms with Gasteiger partial charge in [0.2, 0.25) is 0 Å². The van der Waals surface area contributed by atoms with Crippen molar-refractivity contribution < 1.29 is 15.0 Å². The van der Waals surface area contributed by atoms with Crippen molar-refractivity contribution in [2.45, 2.75) is 44.1 Å². The lowest BCUT2D eigenvalue weighted by molar-refractivity contribution is -0.159. The maximum absolute atomic E-state index is 10.5. The number of hydrogen-bond donors (Lipinski definition) is 2. The fourth-order valence-corrected chi connectivity index (χ4v) is 2.12. The van der Waals surface area contributed by atoms with E-state index < -0.39 is 11.6 Å². The molecule has 0 aromatic rings. The lowest BCUT2D eigenvalue weighted by atomic mass is 9.68. The summed E-state index contributed by atoms with van der Waals surface area (Å²) in [5.74, 6) is -0.215. The second-order valence-corrected chi connectivity index (χ2v) is 4.65. The Balaban J connectivity index is 1.71. The number of carboxylic acids is 1. The molecule has 2 aliphatic rings. The van der Waals surface area contributed by atoms with Gasteiger partial charge in [0.05, 0.1) is 11.5 Å². The average molecular weight is 184 g/mol. The summed E-state index contributed by atoms with van der Waals surface area (Å²) in [6.45, 7) is 0. The van der Waals surface area contributed by atoms with Crippen LogP contribution in [-0.2, 0) is 4.79 Å². The van der Waals surface area contributed by atoms with Gasteiger partial charge < -0.3 is 10.2 Å². The van der Waals surface area contributed by atoms with Crippen LogP contribution in [-0.4, -0.2) is 21.8 Å². The summed E-state index contributed by atoms with van der Waals surface area (Å²) in [4.78, 5) is 10.5. The molecular weight excluding hydrogens is 168 g/mol. The summed E-state index contributed by atoms with van der Waals surface area (Å²) >= 11 is 0. The van der Waals surface area contributed by atoms with Crippen LogP contribution in [0.4, 0.5) is 0 Å². The van der Waals surface area contributed by atoms with E-state index in [0.29, 0.717) is 12.8 Å². The van der Waals surface area contributed by atoms with Crippen LogP contribution in [0, 0.1) is 11.8 Å². The minimum Gasteiger partial charge on any atom is -0.481 e. The molecule has 2 saturated carbocycles. The zero-order valence-electron chi connectivity index (χ0n) is 7.70. The summed E-state index contributed by atoms with van der Waals surface area (Å²) in [6.07, 6.45) is 5.44. The molecule has 0 unspecified atom stereocenters. The summed E-state index contributed by atoms with van der Waals surface area (Å²) in [6, 6.07) is 0. The largest absolute Gasteiger partial charge is 0.481 e. The van der Waals surface area contributed by atoms with Gasteiger partial charge in [0.25, 0.3) is 0 Å². The molecule has 2 fully saturated rings. The van der Waals surface area contributed by atoms with Crippen LogP contribution in [0.5, 0.6) is 0 Å². The Morgan fingerprint density at radius 1 is 1.38 bits per heavy atom. The molecule has 0 spiro atoms. The van der Waals surface area contributed by atoms with Crippen molar-refractivity contribution in [1.29, 1.82) is 0 Å². The quantitative estimate of drug-likeness (QED) is 0.694. The van der Waals surface area contributed by atoms with E-state index >= 15 is 0 Å². The first kappa shape index (κ1) is 9.00. The molecule has 0 aliphatic heterocycles. The normalized spacial score (nSPS) is 38.4. The van der Waals surface area contributed by atoms with Gasteiger partial charge in [-0.15, -0.1) is 0 Å². The Hall–Kier alpha value is -0.570. The van der Waals surface area contributed by atoms with Crippen LogP contribution in [0.1, 0.15) is 38.5 Å². The van der Waals surface area contributed by atoms with Gasteiger partial charge in [0.15, 0.2) is 0 Å². The Morgan fingerprint density at radius 2 is 2.00 bits per heavy atom. The van der Waals surface area contributed by atoms with Crippen LogP contribution < -0.4 is 0 Å². The molecule has 0 aromatic carbocycles. The van der Waals surface area contributed by atoms with E-state index in [9.17, 15) is 9.90 Å². The molecule has 2 N–H and O–H groups in total. The molecular formula is C10H16O3. The first-order valence-corrected chi connectivity index (χ1v) is 5.04. The third kappa shape index (κ3) is 2.02. The van der Waals surface area contributed by atoms with E-state index in [1.54, 1.807) is 0 Å². The molecule has 0 amide bonds. The van der Waals surface area contributed by atoms with Crippen LogP contribution in [0.3, 0.4) is 0 Å². The van der Waals surface area contributed by atoms with Crippen molar-refractivity contribution in [3.8, 4) is 0 Å². The van der Waals surface area contributed by atoms with Crippen molar-refractivity contribution in [1.82, 2.24) is 0 Å². The molecule has 3 heteroatoms. The summed E-state index contributed by atoms with van der Waals surface area (Å²) in [5.41, 5.74) is -0.633. The predicted octanol–water partition coefficient (Wildman–Crippen LogP) is 1.40. The van der Waals surface area contributed by atoms with E-state index in [4.69, 9.17) is 5.11 Å². The minimum absolute atomic E-state index is 0.288. The van der Waals surface area contributed by atoms with Crippen LogP contribution >= 0.6 is 0 Å². The van der Waals surface area contributed by atoms with Crippen LogP contribution in [0.15, 0.2) is 0 Å². The Morgan fingerprint density at radius 3 is 2.46 bits per heavy atom. The van der Waals surface area contributed by atoms with Gasteiger partial charge in [-0.1, -0.05) is 12.8 Å². The number of hydrogen-bond acceptors (Lipinski definition) is 2. The van der Waals surface area contributed by atoms with Crippen molar-refractivity contribution >= 4 is 5.97 Å². The number of rotatable bonds is 4. The van der Waals surface area contributed by atoms with Crippen molar-refractivity contribution in [3.63, 3.8) is 0 Å². The maximum Gasteiger partial charge on any atom is 0.306 e. The fraction of sp³-hybridized carbons (Fsp3) is 0.900. The van der Waals surface area contributed by atoms with Gasteiger partial charge in [-0.25, -0.2) is 0 Å². The maximum atomic E-state index is 10.5. The van der Waals surface area contributed by atoms with E-state index in [0.717, 1.165) is 18.8 Å². The van der Waals surface area contributed by atoms with E-state index in [1.165, 1.54) is 12.8 Å². The van der Waals surface area contributed by atoms with E-state index in [2.05, 4.69) is 0 Å². The molecule has 3 nitrogen and oxygen atoms in total. The van der Waals surface area contributed by atoms with E-state index in [1.807, 2.05) is 0 Å². The number of aliphatic hydroxyl groups is 1. The molecule has 2 rings (SSSR count). The fourth-order valence-electron chi connectivity index (χ4n) is 2.12. The smallest absolute Gasteiger partial charge is 0.306 e. The SMILES string of the molecule is O=C(O)C1CC(O)(CCC2CC2)C1. The lowest BCUT2D eigenvalue weighted by Gasteiger charge is -2.41. The van der Waals surface area contributed by atoms with Gasteiger partial charge in [-0.3, -0.25) is 4.79 Å². The average Bonchev–Trinajstić information content (AvgIpc) is 2.78. The number of carboxylic acid groups (broad SMARTS) is 1. The molecule has 13 heavy (non-hydrogen) atoms. The van der Waals surface area contributed by atoms with Gasteiger partial charge in [0, 0.05) is 0 Å². The molecule has 0 atom stereocenters. The van der Waals surface area contributed by atoms with Crippen LogP contribution in [0.25, 0.3) is 0 Å². The molecule has 0 saturated heterocycles. The molecule has 74 valence electrons. The first-order valence-electron chi connectivity index (χ1n) is 5.04. The zero-order valence-corrected chi connectivity index (χ0v) is 7.70. The monoisotopic (exact) mass is 184 g/mol. The number of aliphatic carboxylic acids is 1. The molecule has 0 bridgehead atoms. The molecule has 0 aromatic heterocycles. The Bertz CT molecular complexity index is 214. The topological polar surface area (TPSA) is 57.5 Å². The van der Waals surface area contributed by atoms with Gasteiger partial charge in [0.1, 0.15) is 0 Å². The number of carbonyl (C=O) groups is 1. The summed E-state index contributed by atoms with van der Waals surface area (Å²) in [7, 11) is 0. The molecule has 0 radical (unpaired) electrons. The standard InChI is InChI=1S/C10H16O3/c11-9(12)8-5-10(13,6-8)4-3-7-1-2-7/h7-8,13H,1-6H2,(H,11,12). The third-order valence-corrected chi connectivity index (χ3v) is 3.32. The molecule has 2 aliphatic carbocycles. The summed E-state index contributed by atoms with van der Waals surface area (Å²) < 4.78 is 0. The third-order valence-electron chi connectivity index (χ3n) is 3.32. The van der Waals surface area contributed by atoms with E-state index in [-0.39, 0.29) is 5.92 Å². The lowest BCUT2D eigenvalue weighted by Crippen LogP contribution is -2.46. The highest BCUT2D eigenvalue weighted by Gasteiger charge is 2.46. The summed E-state index contributed by atoms with van der Waals surface area (Å²) in [5, 5.41) is 18.5. The molecule has 0 heterocycles. The Labute approximate surface area is 77.8 Å². The second kappa shape index (κ2) is 2.98. The van der Waals surface area contributed by atoms with Crippen molar-refractivity contribution in [2.75, 3.05) is 0 Å².